The fraction of sp³-hybridized carbons (Fsp3) is 0.368. The third-order valence-electron chi connectivity index (χ3n) is 4.98. The van der Waals surface area contributed by atoms with Gasteiger partial charge in [0.2, 0.25) is 0 Å². The second-order valence-corrected chi connectivity index (χ2v) is 7.01. The van der Waals surface area contributed by atoms with Gasteiger partial charge < -0.3 is 14.6 Å². The number of ether oxygens (including phenoxy) is 1. The Kier molecular flexibility index (Phi) is 4.18. The summed E-state index contributed by atoms with van der Waals surface area (Å²) >= 11 is 0. The minimum absolute atomic E-state index is 0.0985. The summed E-state index contributed by atoms with van der Waals surface area (Å²) in [6.07, 6.45) is 1.80. The monoisotopic (exact) mass is 369 g/mol. The van der Waals surface area contributed by atoms with Crippen LogP contribution in [0.5, 0.6) is 0 Å². The van der Waals surface area contributed by atoms with Gasteiger partial charge >= 0.3 is 12.0 Å². The lowest BCUT2D eigenvalue weighted by atomic mass is 9.96. The number of carbonyl (C=O) groups is 3. The van der Waals surface area contributed by atoms with E-state index in [4.69, 9.17) is 9.26 Å². The first kappa shape index (κ1) is 17.3. The van der Waals surface area contributed by atoms with E-state index in [0.717, 1.165) is 23.3 Å². The van der Waals surface area contributed by atoms with Crippen molar-refractivity contribution in [3.63, 3.8) is 0 Å². The van der Waals surface area contributed by atoms with Crippen LogP contribution < -0.4 is 5.32 Å². The van der Waals surface area contributed by atoms with Gasteiger partial charge in [0, 0.05) is 11.6 Å². The van der Waals surface area contributed by atoms with Gasteiger partial charge in [-0.25, -0.2) is 4.79 Å². The molecule has 4 rings (SSSR count). The van der Waals surface area contributed by atoms with Crippen LogP contribution in [-0.4, -0.2) is 40.0 Å². The number of amides is 3. The Balaban J connectivity index is 1.33. The molecule has 1 saturated carbocycles. The van der Waals surface area contributed by atoms with Crippen molar-refractivity contribution in [1.29, 1.82) is 0 Å². The largest absolute Gasteiger partial charge is 0.458 e. The van der Waals surface area contributed by atoms with E-state index in [9.17, 15) is 14.4 Å². The van der Waals surface area contributed by atoms with Gasteiger partial charge in [0.1, 0.15) is 24.4 Å². The number of hydrogen-bond acceptors (Lipinski definition) is 6. The van der Waals surface area contributed by atoms with Gasteiger partial charge in [-0.15, -0.1) is 0 Å². The van der Waals surface area contributed by atoms with Crippen molar-refractivity contribution in [3.05, 3.63) is 42.1 Å². The van der Waals surface area contributed by atoms with E-state index in [1.54, 1.807) is 13.0 Å². The number of carbonyl (C=O) groups excluding carboxylic acids is 3. The van der Waals surface area contributed by atoms with Gasteiger partial charge in [0.25, 0.3) is 5.91 Å². The normalized spacial score (nSPS) is 22.0. The molecular formula is C19H19N3O5. The molecule has 1 aliphatic carbocycles. The van der Waals surface area contributed by atoms with Crippen molar-refractivity contribution in [2.24, 2.45) is 5.92 Å². The SMILES string of the molecule is C[C@]1(C2CC2)NC(=O)N(CC(=O)OCc2cc(-c3ccccc3)on2)C1=O. The van der Waals surface area contributed by atoms with E-state index in [1.165, 1.54) is 0 Å². The molecule has 1 aromatic carbocycles. The van der Waals surface area contributed by atoms with E-state index < -0.39 is 24.1 Å². The van der Waals surface area contributed by atoms with Crippen LogP contribution in [0.2, 0.25) is 0 Å². The van der Waals surface area contributed by atoms with Crippen molar-refractivity contribution in [2.45, 2.75) is 31.9 Å². The highest BCUT2D eigenvalue weighted by molar-refractivity contribution is 6.08. The van der Waals surface area contributed by atoms with Crippen LogP contribution in [0, 0.1) is 5.92 Å². The van der Waals surface area contributed by atoms with Crippen LogP contribution in [0.25, 0.3) is 11.3 Å². The zero-order valence-electron chi connectivity index (χ0n) is 14.8. The average Bonchev–Trinajstić information content (AvgIpc) is 3.38. The fourth-order valence-electron chi connectivity index (χ4n) is 3.24. The molecule has 0 radical (unpaired) electrons. The lowest BCUT2D eigenvalue weighted by Gasteiger charge is -2.20. The number of rotatable bonds is 6. The molecule has 140 valence electrons. The molecule has 2 fully saturated rings. The molecule has 1 aromatic heterocycles. The molecular weight excluding hydrogens is 350 g/mol. The Labute approximate surface area is 155 Å². The van der Waals surface area contributed by atoms with Crippen LogP contribution in [0.1, 0.15) is 25.5 Å². The quantitative estimate of drug-likeness (QED) is 0.618. The summed E-state index contributed by atoms with van der Waals surface area (Å²) in [4.78, 5) is 37.6. The van der Waals surface area contributed by atoms with E-state index >= 15 is 0 Å². The van der Waals surface area contributed by atoms with Crippen LogP contribution in [0.15, 0.2) is 40.9 Å². The number of hydrogen-bond donors (Lipinski definition) is 1. The Morgan fingerprint density at radius 3 is 2.78 bits per heavy atom. The summed E-state index contributed by atoms with van der Waals surface area (Å²) in [6.45, 7) is 1.19. The Bertz CT molecular complexity index is 890. The molecule has 0 unspecified atom stereocenters. The summed E-state index contributed by atoms with van der Waals surface area (Å²) < 4.78 is 10.4. The van der Waals surface area contributed by atoms with E-state index in [1.807, 2.05) is 30.3 Å². The fourth-order valence-corrected chi connectivity index (χ4v) is 3.24. The summed E-state index contributed by atoms with van der Waals surface area (Å²) in [5.41, 5.74) is 0.400. The lowest BCUT2D eigenvalue weighted by molar-refractivity contribution is -0.149. The zero-order valence-corrected chi connectivity index (χ0v) is 14.8. The minimum Gasteiger partial charge on any atom is -0.458 e. The summed E-state index contributed by atoms with van der Waals surface area (Å²) in [6, 6.07) is 10.5. The van der Waals surface area contributed by atoms with Gasteiger partial charge in [-0.05, 0) is 25.7 Å². The molecule has 8 heteroatoms. The number of nitrogens with zero attached hydrogens (tertiary/aromatic N) is 2. The topological polar surface area (TPSA) is 102 Å². The molecule has 3 amide bonds. The molecule has 0 bridgehead atoms. The van der Waals surface area contributed by atoms with Crippen molar-refractivity contribution < 1.29 is 23.6 Å². The smallest absolute Gasteiger partial charge is 0.326 e. The van der Waals surface area contributed by atoms with Gasteiger partial charge in [-0.1, -0.05) is 35.5 Å². The van der Waals surface area contributed by atoms with Gasteiger partial charge in [-0.2, -0.15) is 0 Å². The highest BCUT2D eigenvalue weighted by atomic mass is 16.5. The first-order chi connectivity index (χ1) is 13.0. The van der Waals surface area contributed by atoms with Gasteiger partial charge in [0.15, 0.2) is 5.76 Å². The highest BCUT2D eigenvalue weighted by Gasteiger charge is 2.56. The molecule has 0 spiro atoms. The van der Waals surface area contributed by atoms with Gasteiger partial charge in [0.05, 0.1) is 0 Å². The van der Waals surface area contributed by atoms with Crippen LogP contribution in [-0.2, 0) is 20.9 Å². The number of esters is 1. The molecule has 27 heavy (non-hydrogen) atoms. The number of imide groups is 1. The maximum atomic E-state index is 12.5. The van der Waals surface area contributed by atoms with Gasteiger partial charge in [-0.3, -0.25) is 14.5 Å². The molecule has 1 N–H and O–H groups in total. The standard InChI is InChI=1S/C19H19N3O5/c1-19(13-7-8-13)17(24)22(18(25)20-19)10-16(23)26-11-14-9-15(27-21-14)12-5-3-2-4-6-12/h2-6,9,13H,7-8,10-11H2,1H3,(H,20,25)/t19-/m1/s1. The number of aromatic nitrogens is 1. The predicted molar refractivity (Wildman–Crippen MR) is 93.1 cm³/mol. The third kappa shape index (κ3) is 3.30. The van der Waals surface area contributed by atoms with Crippen LogP contribution in [0.3, 0.4) is 0 Å². The van der Waals surface area contributed by atoms with Crippen molar-refractivity contribution in [1.82, 2.24) is 15.4 Å². The predicted octanol–water partition coefficient (Wildman–Crippen LogP) is 2.11. The Hall–Kier alpha value is -3.16. The molecule has 1 aliphatic heterocycles. The van der Waals surface area contributed by atoms with Crippen molar-refractivity contribution in [3.8, 4) is 11.3 Å². The van der Waals surface area contributed by atoms with Crippen LogP contribution >= 0.6 is 0 Å². The van der Waals surface area contributed by atoms with E-state index in [0.29, 0.717) is 11.5 Å². The lowest BCUT2D eigenvalue weighted by Crippen LogP contribution is -2.46. The van der Waals surface area contributed by atoms with E-state index in [2.05, 4.69) is 10.5 Å². The first-order valence-corrected chi connectivity index (χ1v) is 8.78. The molecule has 8 nitrogen and oxygen atoms in total. The molecule has 1 saturated heterocycles. The number of nitrogens with one attached hydrogen (secondary N) is 1. The number of urea groups is 1. The maximum Gasteiger partial charge on any atom is 0.326 e. The molecule has 2 heterocycles. The Morgan fingerprint density at radius 1 is 1.33 bits per heavy atom. The van der Waals surface area contributed by atoms with E-state index in [-0.39, 0.29) is 18.4 Å². The first-order valence-electron chi connectivity index (χ1n) is 8.78. The maximum absolute atomic E-state index is 12.5. The summed E-state index contributed by atoms with van der Waals surface area (Å²) in [7, 11) is 0. The summed E-state index contributed by atoms with van der Waals surface area (Å²) in [5, 5.41) is 6.56. The molecule has 1 atom stereocenters. The van der Waals surface area contributed by atoms with Crippen molar-refractivity contribution >= 4 is 17.9 Å². The second-order valence-electron chi connectivity index (χ2n) is 7.01. The molecule has 2 aliphatic rings. The third-order valence-corrected chi connectivity index (χ3v) is 4.98. The summed E-state index contributed by atoms with van der Waals surface area (Å²) in [5.74, 6) is -0.347. The minimum atomic E-state index is -0.909. The van der Waals surface area contributed by atoms with Crippen molar-refractivity contribution in [2.75, 3.05) is 6.54 Å². The second kappa shape index (κ2) is 6.53. The van der Waals surface area contributed by atoms with Crippen LogP contribution in [0.4, 0.5) is 4.79 Å². The number of benzene rings is 1. The Morgan fingerprint density at radius 2 is 2.07 bits per heavy atom. The highest BCUT2D eigenvalue weighted by Crippen LogP contribution is 2.42. The zero-order chi connectivity index (χ0) is 19.0. The average molecular weight is 369 g/mol. The molecule has 2 aromatic rings.